The van der Waals surface area contributed by atoms with E-state index in [9.17, 15) is 0 Å². The number of hydrogen-bond donors (Lipinski definition) is 1. The molecule has 1 aromatic carbocycles. The predicted octanol–water partition coefficient (Wildman–Crippen LogP) is 3.37. The Morgan fingerprint density at radius 1 is 1.31 bits per heavy atom. The molecule has 0 atom stereocenters. The molecular formula is C11H12ClN3S. The highest BCUT2D eigenvalue weighted by atomic mass is 35.5. The van der Waals surface area contributed by atoms with Gasteiger partial charge in [0.05, 0.1) is 0 Å². The lowest BCUT2D eigenvalue weighted by atomic mass is 10.1. The molecule has 2 aromatic rings. The van der Waals surface area contributed by atoms with Crippen LogP contribution in [0.1, 0.15) is 11.4 Å². The third-order valence-corrected chi connectivity index (χ3v) is 3.03. The highest BCUT2D eigenvalue weighted by Gasteiger charge is 2.00. The van der Waals surface area contributed by atoms with E-state index in [0.29, 0.717) is 5.88 Å². The molecule has 0 aliphatic carbocycles. The number of halogens is 1. The predicted molar refractivity (Wildman–Crippen MR) is 68.8 cm³/mol. The second kappa shape index (κ2) is 5.27. The van der Waals surface area contributed by atoms with Crippen molar-refractivity contribution < 1.29 is 0 Å². The number of aromatic nitrogens is 2. The van der Waals surface area contributed by atoms with Crippen molar-refractivity contribution in [1.29, 1.82) is 0 Å². The van der Waals surface area contributed by atoms with Crippen LogP contribution < -0.4 is 5.32 Å². The molecule has 0 saturated carbocycles. The summed E-state index contributed by atoms with van der Waals surface area (Å²) < 4.78 is 4.11. The summed E-state index contributed by atoms with van der Waals surface area (Å²) in [6.07, 6.45) is 0.903. The highest BCUT2D eigenvalue weighted by molar-refractivity contribution is 7.09. The smallest absolute Gasteiger partial charge is 0.207 e. The van der Waals surface area contributed by atoms with Crippen LogP contribution in [0, 0.1) is 6.92 Å². The summed E-state index contributed by atoms with van der Waals surface area (Å²) in [5.74, 6) is 1.45. The van der Waals surface area contributed by atoms with Crippen molar-refractivity contribution in [1.82, 2.24) is 9.36 Å². The molecule has 16 heavy (non-hydrogen) atoms. The SMILES string of the molecule is Cc1nsc(Nc2ccc(CCCl)cc2)n1. The first-order valence-electron chi connectivity index (χ1n) is 5.00. The van der Waals surface area contributed by atoms with Crippen LogP contribution in [0.15, 0.2) is 24.3 Å². The molecule has 1 N–H and O–H groups in total. The summed E-state index contributed by atoms with van der Waals surface area (Å²) in [7, 11) is 0. The van der Waals surface area contributed by atoms with Crippen LogP contribution >= 0.6 is 23.1 Å². The number of anilines is 2. The maximum absolute atomic E-state index is 5.68. The normalized spacial score (nSPS) is 10.4. The average Bonchev–Trinajstić information content (AvgIpc) is 2.67. The molecule has 0 radical (unpaired) electrons. The van der Waals surface area contributed by atoms with E-state index in [1.807, 2.05) is 19.1 Å². The molecular weight excluding hydrogens is 242 g/mol. The Balaban J connectivity index is 2.05. The largest absolute Gasteiger partial charge is 0.330 e. The molecule has 0 unspecified atom stereocenters. The minimum atomic E-state index is 0.655. The second-order valence-electron chi connectivity index (χ2n) is 3.41. The summed E-state index contributed by atoms with van der Waals surface area (Å²) in [4.78, 5) is 4.24. The molecule has 0 aliphatic heterocycles. The van der Waals surface area contributed by atoms with Gasteiger partial charge in [-0.25, -0.2) is 4.98 Å². The van der Waals surface area contributed by atoms with E-state index in [1.54, 1.807) is 0 Å². The second-order valence-corrected chi connectivity index (χ2v) is 4.54. The summed E-state index contributed by atoms with van der Waals surface area (Å²) in [5, 5.41) is 4.03. The minimum absolute atomic E-state index is 0.655. The monoisotopic (exact) mass is 253 g/mol. The van der Waals surface area contributed by atoms with E-state index in [2.05, 4.69) is 26.8 Å². The van der Waals surface area contributed by atoms with E-state index < -0.39 is 0 Å². The lowest BCUT2D eigenvalue weighted by Gasteiger charge is -2.03. The lowest BCUT2D eigenvalue weighted by molar-refractivity contribution is 1.15. The number of rotatable bonds is 4. The topological polar surface area (TPSA) is 37.8 Å². The fourth-order valence-electron chi connectivity index (χ4n) is 1.34. The minimum Gasteiger partial charge on any atom is -0.330 e. The van der Waals surface area contributed by atoms with Gasteiger partial charge in [-0.1, -0.05) is 12.1 Å². The Morgan fingerprint density at radius 3 is 2.62 bits per heavy atom. The summed E-state index contributed by atoms with van der Waals surface area (Å²) in [5.41, 5.74) is 2.27. The molecule has 2 rings (SSSR count). The molecule has 0 aliphatic rings. The summed E-state index contributed by atoms with van der Waals surface area (Å²) in [6.45, 7) is 1.88. The molecule has 5 heteroatoms. The molecule has 0 spiro atoms. The molecule has 3 nitrogen and oxygen atoms in total. The Bertz CT molecular complexity index is 453. The van der Waals surface area contributed by atoms with Crippen LogP contribution in [-0.2, 0) is 6.42 Å². The number of nitrogens with zero attached hydrogens (tertiary/aromatic N) is 2. The molecule has 0 fully saturated rings. The summed E-state index contributed by atoms with van der Waals surface area (Å²) in [6, 6.07) is 8.19. The van der Waals surface area contributed by atoms with Gasteiger partial charge in [0.25, 0.3) is 0 Å². The molecule has 0 bridgehead atoms. The zero-order valence-electron chi connectivity index (χ0n) is 8.90. The Morgan fingerprint density at radius 2 is 2.06 bits per heavy atom. The fraction of sp³-hybridized carbons (Fsp3) is 0.273. The van der Waals surface area contributed by atoms with Crippen LogP contribution in [0.25, 0.3) is 0 Å². The van der Waals surface area contributed by atoms with E-state index in [0.717, 1.165) is 23.1 Å². The number of nitrogens with one attached hydrogen (secondary N) is 1. The van der Waals surface area contributed by atoms with E-state index >= 15 is 0 Å². The van der Waals surface area contributed by atoms with E-state index in [4.69, 9.17) is 11.6 Å². The van der Waals surface area contributed by atoms with Crippen molar-refractivity contribution in [2.75, 3.05) is 11.2 Å². The Kier molecular flexibility index (Phi) is 3.74. The van der Waals surface area contributed by atoms with E-state index in [1.165, 1.54) is 17.1 Å². The van der Waals surface area contributed by atoms with Crippen LogP contribution in [0.2, 0.25) is 0 Å². The van der Waals surface area contributed by atoms with Gasteiger partial charge in [0.15, 0.2) is 0 Å². The molecule has 1 heterocycles. The van der Waals surface area contributed by atoms with Crippen LogP contribution in [0.3, 0.4) is 0 Å². The Labute approximate surface area is 104 Å². The quantitative estimate of drug-likeness (QED) is 0.849. The van der Waals surface area contributed by atoms with Crippen LogP contribution in [0.4, 0.5) is 10.8 Å². The maximum atomic E-state index is 5.68. The number of aryl methyl sites for hydroxylation is 2. The summed E-state index contributed by atoms with van der Waals surface area (Å²) >= 11 is 7.04. The standard InChI is InChI=1S/C11H12ClN3S/c1-8-13-11(16-15-8)14-10-4-2-9(3-5-10)6-7-12/h2-5H,6-7H2,1H3,(H,13,14,15). The van der Waals surface area contributed by atoms with Gasteiger partial charge in [-0.3, -0.25) is 0 Å². The highest BCUT2D eigenvalue weighted by Crippen LogP contribution is 2.18. The van der Waals surface area contributed by atoms with Crippen molar-refractivity contribution in [2.45, 2.75) is 13.3 Å². The third-order valence-electron chi connectivity index (χ3n) is 2.12. The van der Waals surface area contributed by atoms with Crippen molar-refractivity contribution in [2.24, 2.45) is 0 Å². The number of benzene rings is 1. The van der Waals surface area contributed by atoms with Crippen LogP contribution in [-0.4, -0.2) is 15.2 Å². The third kappa shape index (κ3) is 2.93. The number of hydrogen-bond acceptors (Lipinski definition) is 4. The average molecular weight is 254 g/mol. The molecule has 1 aromatic heterocycles. The molecule has 84 valence electrons. The van der Waals surface area contributed by atoms with Gasteiger partial charge in [0.1, 0.15) is 5.82 Å². The van der Waals surface area contributed by atoms with Gasteiger partial charge >= 0.3 is 0 Å². The van der Waals surface area contributed by atoms with Gasteiger partial charge in [0.2, 0.25) is 5.13 Å². The molecule has 0 amide bonds. The maximum Gasteiger partial charge on any atom is 0.207 e. The van der Waals surface area contributed by atoms with Crippen molar-refractivity contribution in [3.05, 3.63) is 35.7 Å². The van der Waals surface area contributed by atoms with Crippen LogP contribution in [0.5, 0.6) is 0 Å². The van der Waals surface area contributed by atoms with Gasteiger partial charge in [-0.2, -0.15) is 4.37 Å². The fourth-order valence-corrected chi connectivity index (χ4v) is 2.15. The number of alkyl halides is 1. The first-order chi connectivity index (χ1) is 7.78. The molecule has 0 saturated heterocycles. The Hall–Kier alpha value is -1.13. The lowest BCUT2D eigenvalue weighted by Crippen LogP contribution is -1.91. The van der Waals surface area contributed by atoms with Gasteiger partial charge in [-0.05, 0) is 31.0 Å². The van der Waals surface area contributed by atoms with Gasteiger partial charge < -0.3 is 5.32 Å². The zero-order chi connectivity index (χ0) is 11.4. The van der Waals surface area contributed by atoms with Crippen molar-refractivity contribution in [3.8, 4) is 0 Å². The van der Waals surface area contributed by atoms with E-state index in [-0.39, 0.29) is 0 Å². The van der Waals surface area contributed by atoms with Gasteiger partial charge in [0, 0.05) is 23.1 Å². The first kappa shape index (κ1) is 11.4. The first-order valence-corrected chi connectivity index (χ1v) is 6.31. The van der Waals surface area contributed by atoms with Crippen molar-refractivity contribution in [3.63, 3.8) is 0 Å². The van der Waals surface area contributed by atoms with Gasteiger partial charge in [-0.15, -0.1) is 11.6 Å². The zero-order valence-corrected chi connectivity index (χ0v) is 10.5. The van der Waals surface area contributed by atoms with Crippen molar-refractivity contribution >= 4 is 34.0 Å².